The number of carbonyl (C=O) groups excluding carboxylic acids is 2. The number of nitrogens with zero attached hydrogens (tertiary/aromatic N) is 4. The van der Waals surface area contributed by atoms with Gasteiger partial charge in [0.2, 0.25) is 11.8 Å². The summed E-state index contributed by atoms with van der Waals surface area (Å²) in [5.74, 6) is -2.73. The van der Waals surface area contributed by atoms with Crippen LogP contribution in [0.2, 0.25) is 0 Å². The number of alkyl halides is 9. The molecule has 1 aromatic carbocycles. The molecule has 2 heterocycles. The van der Waals surface area contributed by atoms with Gasteiger partial charge in [-0.2, -0.15) is 49.9 Å². The molecule has 1 saturated heterocycles. The maximum atomic E-state index is 14.2. The van der Waals surface area contributed by atoms with Crippen LogP contribution in [-0.2, 0) is 31.8 Å². The van der Waals surface area contributed by atoms with Crippen LogP contribution in [-0.4, -0.2) is 64.5 Å². The van der Waals surface area contributed by atoms with Gasteiger partial charge in [0.05, 0.1) is 27.5 Å². The summed E-state index contributed by atoms with van der Waals surface area (Å²) in [6.07, 6.45) is -17.2. The molecule has 1 N–H and O–H groups in total. The highest BCUT2D eigenvalue weighted by atomic mass is 32.2. The van der Waals surface area contributed by atoms with Gasteiger partial charge in [-0.1, -0.05) is 0 Å². The zero-order valence-electron chi connectivity index (χ0n) is 22.9. The topological polar surface area (TPSA) is 125 Å². The van der Waals surface area contributed by atoms with Crippen molar-refractivity contribution in [2.45, 2.75) is 79.3 Å². The Bertz CT molecular complexity index is 1720. The summed E-state index contributed by atoms with van der Waals surface area (Å²) in [6.45, 7) is 0.0734. The van der Waals surface area contributed by atoms with Crippen molar-refractivity contribution in [3.8, 4) is 11.8 Å². The molecule has 244 valence electrons. The summed E-state index contributed by atoms with van der Waals surface area (Å²) in [6, 6.07) is 2.06. The van der Waals surface area contributed by atoms with Gasteiger partial charge < -0.3 is 10.2 Å². The Morgan fingerprint density at radius 2 is 1.62 bits per heavy atom. The van der Waals surface area contributed by atoms with Gasteiger partial charge in [-0.3, -0.25) is 9.59 Å². The molecule has 45 heavy (non-hydrogen) atoms. The number of halogens is 9. The highest BCUT2D eigenvalue weighted by Gasteiger charge is 2.70. The van der Waals surface area contributed by atoms with Gasteiger partial charge in [0.15, 0.2) is 15.5 Å². The fraction of sp³-hybridized carbons (Fsp3) is 0.538. The van der Waals surface area contributed by atoms with E-state index >= 15 is 0 Å². The Balaban J connectivity index is 1.53. The van der Waals surface area contributed by atoms with Gasteiger partial charge in [0.1, 0.15) is 17.0 Å². The largest absolute Gasteiger partial charge is 0.435 e. The lowest BCUT2D eigenvalue weighted by molar-refractivity contribution is -0.199. The number of aromatic nitrogens is 2. The first-order valence-electron chi connectivity index (χ1n) is 13.3. The number of sulfone groups is 1. The second-order valence-corrected chi connectivity index (χ2v) is 13.6. The first-order valence-corrected chi connectivity index (χ1v) is 14.8. The van der Waals surface area contributed by atoms with E-state index in [1.807, 2.05) is 6.07 Å². The van der Waals surface area contributed by atoms with Gasteiger partial charge in [-0.05, 0) is 63.3 Å². The highest BCUT2D eigenvalue weighted by molar-refractivity contribution is 7.92. The minimum absolute atomic E-state index is 0.186. The fourth-order valence-electron chi connectivity index (χ4n) is 5.40. The van der Waals surface area contributed by atoms with Crippen LogP contribution in [0.25, 0.3) is 5.69 Å². The average Bonchev–Trinajstić information content (AvgIpc) is 3.81. The molecule has 0 radical (unpaired) electrons. The number of benzene rings is 1. The molecule has 1 aliphatic heterocycles. The Kier molecular flexibility index (Phi) is 7.30. The van der Waals surface area contributed by atoms with Crippen molar-refractivity contribution in [1.29, 1.82) is 5.26 Å². The van der Waals surface area contributed by atoms with E-state index in [2.05, 4.69) is 10.4 Å². The number of hydrogen-bond donors (Lipinski definition) is 1. The first kappa shape index (κ1) is 32.6. The molecule has 3 fully saturated rings. The Hall–Kier alpha value is -3.82. The van der Waals surface area contributed by atoms with E-state index in [0.29, 0.717) is 21.7 Å². The van der Waals surface area contributed by atoms with Crippen molar-refractivity contribution in [2.75, 3.05) is 6.54 Å². The van der Waals surface area contributed by atoms with Crippen LogP contribution in [0.5, 0.6) is 0 Å². The van der Waals surface area contributed by atoms with Gasteiger partial charge in [-0.15, -0.1) is 0 Å². The fourth-order valence-corrected chi connectivity index (χ4v) is 7.29. The molecule has 2 aliphatic carbocycles. The van der Waals surface area contributed by atoms with Gasteiger partial charge in [0.25, 0.3) is 0 Å². The maximum absolute atomic E-state index is 14.2. The van der Waals surface area contributed by atoms with Gasteiger partial charge >= 0.3 is 18.5 Å². The van der Waals surface area contributed by atoms with Crippen LogP contribution >= 0.6 is 0 Å². The van der Waals surface area contributed by atoms with Crippen molar-refractivity contribution >= 4 is 21.7 Å². The SMILES string of the molecule is Cc1cc(C(F)(F)F)nn1-c1ccc(S(=O)(=O)[C@@H]2C[C@@H](C(=O)NC3(C#N)CC3)N(C(=O)C3(C(F)(F)F)CC3)C2)c(C(F)(F)F)c1. The standard InChI is InChI=1S/C26H22F9N5O4S/c1-13-8-19(25(30,31)32)38-40(13)14-2-3-18(16(9-14)24(27,28)29)45(43,44)15-10-17(20(41)37-22(12-36)4-5-22)39(11-15)21(42)23(6-7-23)26(33,34)35/h2-3,8-9,15,17H,4-7,10-11H2,1H3,(H,37,41)/t15-,17+/m1/s1. The zero-order valence-corrected chi connectivity index (χ0v) is 23.8. The molecule has 2 saturated carbocycles. The normalized spacial score (nSPS) is 22.6. The van der Waals surface area contributed by atoms with Crippen molar-refractivity contribution in [3.63, 3.8) is 0 Å². The number of nitriles is 1. The molecule has 2 amide bonds. The number of carbonyl (C=O) groups is 2. The summed E-state index contributed by atoms with van der Waals surface area (Å²) >= 11 is 0. The first-order chi connectivity index (χ1) is 20.6. The molecule has 3 aliphatic rings. The predicted molar refractivity (Wildman–Crippen MR) is 133 cm³/mol. The predicted octanol–water partition coefficient (Wildman–Crippen LogP) is 4.48. The smallest absolute Gasteiger partial charge is 0.336 e. The molecule has 2 atom stereocenters. The molecule has 9 nitrogen and oxygen atoms in total. The van der Waals surface area contributed by atoms with E-state index in [1.165, 1.54) is 0 Å². The Morgan fingerprint density at radius 3 is 2.09 bits per heavy atom. The number of amides is 2. The van der Waals surface area contributed by atoms with E-state index in [0.717, 1.165) is 13.0 Å². The van der Waals surface area contributed by atoms with Gasteiger partial charge in [0, 0.05) is 12.2 Å². The summed E-state index contributed by atoms with van der Waals surface area (Å²) in [5, 5.41) is 12.9. The van der Waals surface area contributed by atoms with E-state index < -0.39 is 110 Å². The van der Waals surface area contributed by atoms with Crippen molar-refractivity contribution in [3.05, 3.63) is 41.2 Å². The molecule has 2 aromatic rings. The third-order valence-electron chi connectivity index (χ3n) is 8.29. The number of likely N-dealkylation sites (tertiary alicyclic amines) is 1. The van der Waals surface area contributed by atoms with Gasteiger partial charge in [-0.25, -0.2) is 13.1 Å². The van der Waals surface area contributed by atoms with E-state index in [-0.39, 0.29) is 24.6 Å². The maximum Gasteiger partial charge on any atom is 0.435 e. The van der Waals surface area contributed by atoms with Crippen LogP contribution in [0.15, 0.2) is 29.2 Å². The van der Waals surface area contributed by atoms with Crippen LogP contribution in [0.3, 0.4) is 0 Å². The minimum Gasteiger partial charge on any atom is -0.336 e. The number of rotatable bonds is 6. The molecule has 0 unspecified atom stereocenters. The zero-order chi connectivity index (χ0) is 33.5. The molecule has 5 rings (SSSR count). The van der Waals surface area contributed by atoms with Crippen LogP contribution in [0, 0.1) is 23.7 Å². The van der Waals surface area contributed by atoms with E-state index in [9.17, 15) is 62.8 Å². The summed E-state index contributed by atoms with van der Waals surface area (Å²) in [5.41, 5.74) is -8.26. The molecular formula is C26H22F9N5O4S. The second kappa shape index (κ2) is 10.1. The van der Waals surface area contributed by atoms with Crippen LogP contribution in [0.1, 0.15) is 49.1 Å². The summed E-state index contributed by atoms with van der Waals surface area (Å²) in [4.78, 5) is 25.3. The molecule has 1 aromatic heterocycles. The highest BCUT2D eigenvalue weighted by Crippen LogP contribution is 2.59. The quantitative estimate of drug-likeness (QED) is 0.452. The van der Waals surface area contributed by atoms with Crippen molar-refractivity contribution in [2.24, 2.45) is 5.41 Å². The minimum atomic E-state index is -5.39. The second-order valence-electron chi connectivity index (χ2n) is 11.4. The number of aryl methyl sites for hydroxylation is 1. The lowest BCUT2D eigenvalue weighted by Crippen LogP contribution is -2.53. The van der Waals surface area contributed by atoms with E-state index in [4.69, 9.17) is 0 Å². The van der Waals surface area contributed by atoms with E-state index in [1.54, 1.807) is 0 Å². The summed E-state index contributed by atoms with van der Waals surface area (Å²) in [7, 11) is -5.16. The third-order valence-corrected chi connectivity index (χ3v) is 10.5. The molecular weight excluding hydrogens is 649 g/mol. The lowest BCUT2D eigenvalue weighted by atomic mass is 10.0. The number of nitrogens with one attached hydrogen (secondary N) is 1. The molecule has 0 bridgehead atoms. The Morgan fingerprint density at radius 1 is 1.00 bits per heavy atom. The lowest BCUT2D eigenvalue weighted by Gasteiger charge is -2.29. The molecule has 0 spiro atoms. The molecule has 19 heteroatoms. The number of hydrogen-bond acceptors (Lipinski definition) is 6. The van der Waals surface area contributed by atoms with Crippen molar-refractivity contribution in [1.82, 2.24) is 20.0 Å². The third kappa shape index (κ3) is 5.61. The monoisotopic (exact) mass is 671 g/mol. The summed E-state index contributed by atoms with van der Waals surface area (Å²) < 4.78 is 151. The van der Waals surface area contributed by atoms with Crippen molar-refractivity contribution < 1.29 is 57.5 Å². The van der Waals surface area contributed by atoms with Crippen LogP contribution < -0.4 is 5.32 Å². The van der Waals surface area contributed by atoms with Crippen LogP contribution in [0.4, 0.5) is 39.5 Å². The average molecular weight is 672 g/mol. The Labute approximate surface area is 248 Å².